The molecule has 0 radical (unpaired) electrons. The van der Waals surface area contributed by atoms with Gasteiger partial charge in [-0.25, -0.2) is 0 Å². The summed E-state index contributed by atoms with van der Waals surface area (Å²) in [6, 6.07) is 0. The quantitative estimate of drug-likeness (QED) is 0.377. The lowest BCUT2D eigenvalue weighted by Gasteiger charge is -2.14. The molecule has 0 heterocycles. The van der Waals surface area contributed by atoms with E-state index >= 15 is 0 Å². The van der Waals surface area contributed by atoms with Crippen molar-refractivity contribution in [2.45, 2.75) is 61.8 Å². The Morgan fingerprint density at radius 3 is 2.19 bits per heavy atom. The Labute approximate surface area is 114 Å². The number of unbranched alkanes of at least 4 members (excludes halogenated alkanes) is 6. The second-order valence-corrected chi connectivity index (χ2v) is 6.34. The summed E-state index contributed by atoms with van der Waals surface area (Å²) in [5, 5.41) is 9.38. The maximum atomic E-state index is 9.38. The summed E-state index contributed by atoms with van der Waals surface area (Å²) in [5.74, 6) is 0. The number of aliphatic hydroxyl groups is 1. The van der Waals surface area contributed by atoms with Crippen LogP contribution < -0.4 is 0 Å². The first-order valence-corrected chi connectivity index (χ1v) is 7.03. The van der Waals surface area contributed by atoms with E-state index in [0.717, 1.165) is 12.8 Å². The maximum Gasteiger partial charge on any atom is 0.219 e. The third kappa shape index (κ3) is 9.77. The first kappa shape index (κ1) is 16.6. The molecule has 0 aromatic rings. The summed E-state index contributed by atoms with van der Waals surface area (Å²) in [5.41, 5.74) is 0. The van der Waals surface area contributed by atoms with Crippen molar-refractivity contribution in [1.82, 2.24) is 0 Å². The molecule has 0 saturated heterocycles. The molecule has 16 heavy (non-hydrogen) atoms. The van der Waals surface area contributed by atoms with Gasteiger partial charge >= 0.3 is 0 Å². The largest absolute Gasteiger partial charge is 0.385 e. The van der Waals surface area contributed by atoms with Crippen LogP contribution in [0.5, 0.6) is 0 Å². The Balaban J connectivity index is 3.41. The Hall–Kier alpha value is 0.570. The predicted octanol–water partition coefficient (Wildman–Crippen LogP) is 5.02. The maximum absolute atomic E-state index is 9.38. The molecule has 1 nitrogen and oxygen atoms in total. The molecule has 0 saturated carbocycles. The van der Waals surface area contributed by atoms with Crippen molar-refractivity contribution in [3.8, 4) is 0 Å². The predicted molar refractivity (Wildman–Crippen MR) is 73.4 cm³/mol. The lowest BCUT2D eigenvalue weighted by Crippen LogP contribution is -2.22. The summed E-state index contributed by atoms with van der Waals surface area (Å²) in [4.78, 5) is 0. The SMILES string of the molecule is CCCCCCCC/C=C/C(O)C(Cl)(Cl)Cl. The Morgan fingerprint density at radius 2 is 1.62 bits per heavy atom. The molecule has 0 aliphatic heterocycles. The minimum absolute atomic E-state index is 0.934. The molecule has 4 heteroatoms. The summed E-state index contributed by atoms with van der Waals surface area (Å²) in [7, 11) is 0. The minimum atomic E-state index is -1.61. The van der Waals surface area contributed by atoms with E-state index in [2.05, 4.69) is 6.92 Å². The third-order valence-electron chi connectivity index (χ3n) is 2.38. The van der Waals surface area contributed by atoms with Crippen molar-refractivity contribution in [1.29, 1.82) is 0 Å². The molecule has 0 aliphatic rings. The molecule has 1 N–H and O–H groups in total. The van der Waals surface area contributed by atoms with Crippen LogP contribution in [0.15, 0.2) is 12.2 Å². The first-order chi connectivity index (χ1) is 7.48. The first-order valence-electron chi connectivity index (χ1n) is 5.90. The molecule has 0 bridgehead atoms. The zero-order valence-electron chi connectivity index (χ0n) is 9.76. The molecule has 0 spiro atoms. The van der Waals surface area contributed by atoms with Crippen molar-refractivity contribution in [3.05, 3.63) is 12.2 Å². The van der Waals surface area contributed by atoms with E-state index in [0.29, 0.717) is 0 Å². The molecule has 0 amide bonds. The standard InChI is InChI=1S/C12H21Cl3O/c1-2-3-4-5-6-7-8-9-10-11(16)12(13,14)15/h9-11,16H,2-8H2,1H3/b10-9+. The lowest BCUT2D eigenvalue weighted by molar-refractivity contribution is 0.227. The van der Waals surface area contributed by atoms with Crippen LogP contribution in [-0.4, -0.2) is 15.0 Å². The number of rotatable bonds is 8. The average molecular weight is 288 g/mol. The van der Waals surface area contributed by atoms with Gasteiger partial charge in [0.1, 0.15) is 6.10 Å². The van der Waals surface area contributed by atoms with Crippen molar-refractivity contribution >= 4 is 34.8 Å². The normalized spacial score (nSPS) is 14.6. The molecular weight excluding hydrogens is 266 g/mol. The van der Waals surface area contributed by atoms with Crippen LogP contribution in [0.4, 0.5) is 0 Å². The van der Waals surface area contributed by atoms with Crippen molar-refractivity contribution in [2.75, 3.05) is 0 Å². The van der Waals surface area contributed by atoms with Crippen LogP contribution in [0.3, 0.4) is 0 Å². The summed E-state index contributed by atoms with van der Waals surface area (Å²) < 4.78 is -1.61. The third-order valence-corrected chi connectivity index (χ3v) is 3.05. The van der Waals surface area contributed by atoms with Gasteiger partial charge in [-0.05, 0) is 12.8 Å². The minimum Gasteiger partial charge on any atom is -0.385 e. The fraction of sp³-hybridized carbons (Fsp3) is 0.833. The highest BCUT2D eigenvalue weighted by Gasteiger charge is 2.28. The Morgan fingerprint density at radius 1 is 1.06 bits per heavy atom. The number of allylic oxidation sites excluding steroid dienone is 1. The van der Waals surface area contributed by atoms with Crippen LogP contribution in [0.25, 0.3) is 0 Å². The number of halogens is 3. The van der Waals surface area contributed by atoms with Crippen molar-refractivity contribution in [3.63, 3.8) is 0 Å². The summed E-state index contributed by atoms with van der Waals surface area (Å²) >= 11 is 16.5. The Kier molecular flexibility index (Phi) is 9.93. The van der Waals surface area contributed by atoms with Crippen LogP contribution in [0.2, 0.25) is 0 Å². The number of aliphatic hydroxyl groups excluding tert-OH is 1. The van der Waals surface area contributed by atoms with Gasteiger partial charge in [0, 0.05) is 0 Å². The highest BCUT2D eigenvalue weighted by Crippen LogP contribution is 2.30. The Bertz CT molecular complexity index is 187. The molecule has 0 aliphatic carbocycles. The van der Waals surface area contributed by atoms with E-state index < -0.39 is 9.90 Å². The number of hydrogen-bond donors (Lipinski definition) is 1. The van der Waals surface area contributed by atoms with Crippen molar-refractivity contribution in [2.24, 2.45) is 0 Å². The van der Waals surface area contributed by atoms with Gasteiger partial charge in [0.05, 0.1) is 0 Å². The van der Waals surface area contributed by atoms with Gasteiger partial charge in [-0.2, -0.15) is 0 Å². The van der Waals surface area contributed by atoms with Crippen LogP contribution in [-0.2, 0) is 0 Å². The van der Waals surface area contributed by atoms with E-state index in [4.69, 9.17) is 34.8 Å². The van der Waals surface area contributed by atoms with E-state index in [9.17, 15) is 5.11 Å². The molecule has 0 fully saturated rings. The monoisotopic (exact) mass is 286 g/mol. The van der Waals surface area contributed by atoms with Crippen molar-refractivity contribution < 1.29 is 5.11 Å². The van der Waals surface area contributed by atoms with Gasteiger partial charge in [0.15, 0.2) is 0 Å². The number of alkyl halides is 3. The second kappa shape index (κ2) is 9.58. The van der Waals surface area contributed by atoms with Crippen LogP contribution in [0.1, 0.15) is 51.9 Å². The zero-order valence-corrected chi connectivity index (χ0v) is 12.0. The molecule has 0 aromatic heterocycles. The van der Waals surface area contributed by atoms with Gasteiger partial charge in [-0.15, -0.1) is 0 Å². The van der Waals surface area contributed by atoms with E-state index in [1.54, 1.807) is 6.08 Å². The molecular formula is C12H21Cl3O. The van der Waals surface area contributed by atoms with E-state index in [1.165, 1.54) is 32.1 Å². The second-order valence-electron chi connectivity index (χ2n) is 3.97. The summed E-state index contributed by atoms with van der Waals surface area (Å²) in [6.07, 6.45) is 10.9. The summed E-state index contributed by atoms with van der Waals surface area (Å²) in [6.45, 7) is 2.21. The number of hydrogen-bond acceptors (Lipinski definition) is 1. The highest BCUT2D eigenvalue weighted by molar-refractivity contribution is 6.68. The van der Waals surface area contributed by atoms with Gasteiger partial charge < -0.3 is 5.11 Å². The van der Waals surface area contributed by atoms with Gasteiger partial charge in [-0.1, -0.05) is 86.0 Å². The molecule has 0 aromatic carbocycles. The smallest absolute Gasteiger partial charge is 0.219 e. The van der Waals surface area contributed by atoms with E-state index in [-0.39, 0.29) is 0 Å². The average Bonchev–Trinajstić information content (AvgIpc) is 2.20. The highest BCUT2D eigenvalue weighted by atomic mass is 35.6. The van der Waals surface area contributed by atoms with Crippen LogP contribution in [0, 0.1) is 0 Å². The van der Waals surface area contributed by atoms with Crippen LogP contribution >= 0.6 is 34.8 Å². The molecule has 96 valence electrons. The van der Waals surface area contributed by atoms with E-state index in [1.807, 2.05) is 6.08 Å². The fourth-order valence-electron chi connectivity index (χ4n) is 1.38. The topological polar surface area (TPSA) is 20.2 Å². The fourth-order valence-corrected chi connectivity index (χ4v) is 1.59. The lowest BCUT2D eigenvalue weighted by atomic mass is 10.1. The van der Waals surface area contributed by atoms with Gasteiger partial charge in [-0.3, -0.25) is 0 Å². The van der Waals surface area contributed by atoms with Gasteiger partial charge in [0.2, 0.25) is 3.79 Å². The van der Waals surface area contributed by atoms with Gasteiger partial charge in [0.25, 0.3) is 0 Å². The molecule has 1 unspecified atom stereocenters. The molecule has 0 rings (SSSR count). The zero-order chi connectivity index (χ0) is 12.4. The molecule has 1 atom stereocenters.